The molecule has 0 heterocycles. The Bertz CT molecular complexity index is 711. The van der Waals surface area contributed by atoms with Crippen molar-refractivity contribution in [3.05, 3.63) is 42.0 Å². The lowest BCUT2D eigenvalue weighted by molar-refractivity contribution is -0.145. The van der Waals surface area contributed by atoms with Gasteiger partial charge in [0, 0.05) is 18.9 Å². The molecule has 0 saturated heterocycles. The summed E-state index contributed by atoms with van der Waals surface area (Å²) in [7, 11) is 1.31. The maximum absolute atomic E-state index is 13.4. The zero-order valence-electron chi connectivity index (χ0n) is 20.2. The minimum Gasteiger partial charge on any atom is -0.508 e. The number of rotatable bonds is 14. The number of hydrogen-bond donors (Lipinski definition) is 3. The molecule has 0 aliphatic rings. The first-order valence-corrected chi connectivity index (χ1v) is 11.6. The summed E-state index contributed by atoms with van der Waals surface area (Å²) >= 11 is 0. The zero-order chi connectivity index (χ0) is 24.1. The van der Waals surface area contributed by atoms with Crippen molar-refractivity contribution in [1.29, 1.82) is 0 Å². The maximum Gasteiger partial charge on any atom is 0.328 e. The number of phenolic OH excluding ortho intramolecular Hbond substituents is 1. The molecular formula is C26H41NO5. The lowest BCUT2D eigenvalue weighted by Gasteiger charge is -2.28. The molecule has 0 aliphatic heterocycles. The highest BCUT2D eigenvalue weighted by Gasteiger charge is 2.31. The zero-order valence-corrected chi connectivity index (χ0v) is 20.2. The molecule has 1 rings (SSSR count). The number of ether oxygens (including phenoxy) is 1. The number of nitrogens with one attached hydrogen (secondary N) is 1. The smallest absolute Gasteiger partial charge is 0.328 e. The second-order valence-electron chi connectivity index (χ2n) is 9.20. The third-order valence-corrected chi connectivity index (χ3v) is 5.45. The largest absolute Gasteiger partial charge is 0.508 e. The molecule has 1 amide bonds. The van der Waals surface area contributed by atoms with Crippen LogP contribution in [-0.2, 0) is 20.7 Å². The number of phenols is 1. The molecule has 0 radical (unpaired) electrons. The molecule has 1 aromatic carbocycles. The van der Waals surface area contributed by atoms with Crippen molar-refractivity contribution in [1.82, 2.24) is 5.32 Å². The van der Waals surface area contributed by atoms with Gasteiger partial charge in [-0.1, -0.05) is 58.4 Å². The lowest BCUT2D eigenvalue weighted by Crippen LogP contribution is -2.47. The summed E-state index contributed by atoms with van der Waals surface area (Å²) in [6, 6.07) is 5.76. The molecule has 3 N–H and O–H groups in total. The number of esters is 1. The van der Waals surface area contributed by atoms with Crippen molar-refractivity contribution in [3.8, 4) is 5.75 Å². The van der Waals surface area contributed by atoms with E-state index >= 15 is 0 Å². The van der Waals surface area contributed by atoms with Crippen molar-refractivity contribution in [2.45, 2.75) is 65.8 Å². The van der Waals surface area contributed by atoms with E-state index in [4.69, 9.17) is 4.74 Å². The molecule has 3 atom stereocenters. The van der Waals surface area contributed by atoms with Crippen LogP contribution in [0.15, 0.2) is 36.4 Å². The van der Waals surface area contributed by atoms with Gasteiger partial charge < -0.3 is 20.3 Å². The Morgan fingerprint density at radius 3 is 2.25 bits per heavy atom. The summed E-state index contributed by atoms with van der Waals surface area (Å²) in [5.74, 6) is -0.0803. The molecule has 1 aromatic rings. The Labute approximate surface area is 193 Å². The Balaban J connectivity index is 3.09. The first-order chi connectivity index (χ1) is 15.2. The Hall–Kier alpha value is -2.34. The minimum atomic E-state index is -0.807. The van der Waals surface area contributed by atoms with E-state index in [0.29, 0.717) is 24.7 Å². The van der Waals surface area contributed by atoms with E-state index in [1.165, 1.54) is 7.11 Å². The highest BCUT2D eigenvalue weighted by atomic mass is 16.5. The number of aliphatic hydroxyl groups excluding tert-OH is 1. The summed E-state index contributed by atoms with van der Waals surface area (Å²) in [6.45, 7) is 8.52. The maximum atomic E-state index is 13.4. The molecule has 0 unspecified atom stereocenters. The number of unbranched alkanes of at least 4 members (excludes halogenated alkanes) is 1. The van der Waals surface area contributed by atoms with Crippen molar-refractivity contribution in [2.75, 3.05) is 13.7 Å². The van der Waals surface area contributed by atoms with Crippen molar-refractivity contribution in [3.63, 3.8) is 0 Å². The predicted octanol–water partition coefficient (Wildman–Crippen LogP) is 4.25. The molecule has 0 aromatic heterocycles. The van der Waals surface area contributed by atoms with Gasteiger partial charge in [0.05, 0.1) is 7.11 Å². The highest BCUT2D eigenvalue weighted by Crippen LogP contribution is 2.28. The second-order valence-corrected chi connectivity index (χ2v) is 9.20. The topological polar surface area (TPSA) is 95.9 Å². The number of aliphatic hydroxyl groups is 1. The number of carbonyl (C=O) groups excluding carboxylic acids is 2. The fraction of sp³-hybridized carbons (Fsp3) is 0.615. The van der Waals surface area contributed by atoms with Crippen molar-refractivity contribution < 1.29 is 24.5 Å². The number of methoxy groups -OCH3 is 1. The molecule has 0 fully saturated rings. The normalized spacial score (nSPS) is 14.5. The van der Waals surface area contributed by atoms with Crippen LogP contribution in [0, 0.1) is 23.7 Å². The van der Waals surface area contributed by atoms with Crippen LogP contribution < -0.4 is 5.32 Å². The third-order valence-electron chi connectivity index (χ3n) is 5.45. The number of allylic oxidation sites excluding steroid dienone is 2. The quantitative estimate of drug-likeness (QED) is 0.225. The fourth-order valence-electron chi connectivity index (χ4n) is 3.75. The summed E-state index contributed by atoms with van der Waals surface area (Å²) in [4.78, 5) is 25.9. The summed E-state index contributed by atoms with van der Waals surface area (Å²) < 4.78 is 4.94. The van der Waals surface area contributed by atoms with Gasteiger partial charge >= 0.3 is 5.97 Å². The molecular weight excluding hydrogens is 406 g/mol. The van der Waals surface area contributed by atoms with E-state index < -0.39 is 12.0 Å². The lowest BCUT2D eigenvalue weighted by atomic mass is 9.81. The van der Waals surface area contributed by atoms with Crippen LogP contribution in [0.4, 0.5) is 0 Å². The average molecular weight is 448 g/mol. The standard InChI is InChI=1S/C26H41NO5/c1-18(2)9-12-21(8-6-7-15-28)23(16-19(3)4)25(30)27-24(26(31)32-5)17-20-10-13-22(29)14-11-20/h9-14,18-19,21,23-24,28-29H,6-8,15-17H2,1-5H3,(H,27,30)/t21-,23-,24+/m1/s1. The van der Waals surface area contributed by atoms with Gasteiger partial charge in [-0.05, 0) is 54.7 Å². The Kier molecular flexibility index (Phi) is 12.7. The number of hydrogen-bond acceptors (Lipinski definition) is 5. The van der Waals surface area contributed by atoms with Gasteiger partial charge in [-0.2, -0.15) is 0 Å². The number of amides is 1. The second kappa shape index (κ2) is 14.7. The third kappa shape index (κ3) is 10.3. The van der Waals surface area contributed by atoms with Crippen molar-refractivity contribution >= 4 is 11.9 Å². The van der Waals surface area contributed by atoms with Crippen LogP contribution in [0.1, 0.15) is 58.9 Å². The van der Waals surface area contributed by atoms with E-state index in [9.17, 15) is 19.8 Å². The molecule has 32 heavy (non-hydrogen) atoms. The van der Waals surface area contributed by atoms with Crippen molar-refractivity contribution in [2.24, 2.45) is 23.7 Å². The minimum absolute atomic E-state index is 0.0262. The van der Waals surface area contributed by atoms with E-state index in [0.717, 1.165) is 18.4 Å². The van der Waals surface area contributed by atoms with Crippen LogP contribution in [-0.4, -0.2) is 41.8 Å². The summed E-state index contributed by atoms with van der Waals surface area (Å²) in [6.07, 6.45) is 7.57. The summed E-state index contributed by atoms with van der Waals surface area (Å²) in [5, 5.41) is 21.6. The van der Waals surface area contributed by atoms with E-state index in [1.807, 2.05) is 0 Å². The van der Waals surface area contributed by atoms with E-state index in [2.05, 4.69) is 45.2 Å². The first kappa shape index (κ1) is 27.7. The van der Waals surface area contributed by atoms with Gasteiger partial charge in [0.15, 0.2) is 0 Å². The monoisotopic (exact) mass is 447 g/mol. The molecule has 0 aliphatic carbocycles. The Morgan fingerprint density at radius 2 is 1.72 bits per heavy atom. The van der Waals surface area contributed by atoms with Crippen LogP contribution in [0.5, 0.6) is 5.75 Å². The highest BCUT2D eigenvalue weighted by molar-refractivity contribution is 5.86. The molecule has 6 nitrogen and oxygen atoms in total. The van der Waals surface area contributed by atoms with E-state index in [-0.39, 0.29) is 36.5 Å². The molecule has 180 valence electrons. The van der Waals surface area contributed by atoms with Crippen LogP contribution in [0.25, 0.3) is 0 Å². The van der Waals surface area contributed by atoms with Gasteiger partial charge in [0.1, 0.15) is 11.8 Å². The van der Waals surface area contributed by atoms with Gasteiger partial charge in [0.2, 0.25) is 5.91 Å². The average Bonchev–Trinajstić information content (AvgIpc) is 2.74. The van der Waals surface area contributed by atoms with Gasteiger partial charge in [-0.25, -0.2) is 4.79 Å². The first-order valence-electron chi connectivity index (χ1n) is 11.6. The van der Waals surface area contributed by atoms with Gasteiger partial charge in [-0.15, -0.1) is 0 Å². The van der Waals surface area contributed by atoms with Crippen LogP contribution in [0.2, 0.25) is 0 Å². The molecule has 0 spiro atoms. The van der Waals surface area contributed by atoms with E-state index in [1.54, 1.807) is 24.3 Å². The summed E-state index contributed by atoms with van der Waals surface area (Å²) in [5.41, 5.74) is 0.818. The van der Waals surface area contributed by atoms with Gasteiger partial charge in [0.25, 0.3) is 0 Å². The number of benzene rings is 1. The Morgan fingerprint density at radius 1 is 1.06 bits per heavy atom. The number of aromatic hydroxyl groups is 1. The predicted molar refractivity (Wildman–Crippen MR) is 127 cm³/mol. The molecule has 6 heteroatoms. The molecule has 0 bridgehead atoms. The van der Waals surface area contributed by atoms with Crippen LogP contribution >= 0.6 is 0 Å². The fourth-order valence-corrected chi connectivity index (χ4v) is 3.75. The van der Waals surface area contributed by atoms with Gasteiger partial charge in [-0.3, -0.25) is 4.79 Å². The molecule has 0 saturated carbocycles. The number of carbonyl (C=O) groups is 2. The van der Waals surface area contributed by atoms with Crippen LogP contribution in [0.3, 0.4) is 0 Å². The SMILES string of the molecule is COC(=O)[C@H](Cc1ccc(O)cc1)NC(=O)[C@H](CC(C)C)[C@@H](C=CC(C)C)CCCCO.